The van der Waals surface area contributed by atoms with Gasteiger partial charge >= 0.3 is 0 Å². The van der Waals surface area contributed by atoms with Crippen molar-refractivity contribution in [2.75, 3.05) is 11.9 Å². The Balaban J connectivity index is 1.91. The summed E-state index contributed by atoms with van der Waals surface area (Å²) >= 11 is 0. The van der Waals surface area contributed by atoms with Gasteiger partial charge in [-0.15, -0.1) is 6.58 Å². The molecule has 2 rings (SSSR count). The Morgan fingerprint density at radius 2 is 2.05 bits per heavy atom. The van der Waals surface area contributed by atoms with Crippen molar-refractivity contribution < 1.29 is 4.79 Å². The number of carbonyl (C=O) groups excluding carboxylic acids is 1. The van der Waals surface area contributed by atoms with Gasteiger partial charge in [0.1, 0.15) is 0 Å². The fourth-order valence-electron chi connectivity index (χ4n) is 1.62. The van der Waals surface area contributed by atoms with Crippen LogP contribution in [-0.4, -0.2) is 22.4 Å². The number of hydrogen-bond donors (Lipinski definition) is 2. The van der Waals surface area contributed by atoms with E-state index in [1.165, 1.54) is 0 Å². The summed E-state index contributed by atoms with van der Waals surface area (Å²) in [5, 5.41) is 5.95. The highest BCUT2D eigenvalue weighted by atomic mass is 16.1. The lowest BCUT2D eigenvalue weighted by atomic mass is 10.2. The van der Waals surface area contributed by atoms with Crippen LogP contribution in [0.2, 0.25) is 0 Å². The quantitative estimate of drug-likeness (QED) is 0.786. The smallest absolute Gasteiger partial charge is 0.251 e. The van der Waals surface area contributed by atoms with E-state index < -0.39 is 0 Å². The minimum absolute atomic E-state index is 0.106. The summed E-state index contributed by atoms with van der Waals surface area (Å²) in [6.07, 6.45) is 6.66. The van der Waals surface area contributed by atoms with Crippen molar-refractivity contribution in [1.29, 1.82) is 0 Å². The molecule has 0 radical (unpaired) electrons. The largest absolute Gasteiger partial charge is 0.379 e. The van der Waals surface area contributed by atoms with Crippen molar-refractivity contribution in [1.82, 2.24) is 15.3 Å². The molecule has 2 aromatic rings. The lowest BCUT2D eigenvalue weighted by Gasteiger charge is -2.07. The molecule has 1 heterocycles. The minimum atomic E-state index is -0.106. The predicted octanol–water partition coefficient (Wildman–Crippen LogP) is 2.00. The third-order valence-electron chi connectivity index (χ3n) is 2.64. The number of nitrogens with zero attached hydrogens (tertiary/aromatic N) is 2. The third kappa shape index (κ3) is 3.91. The van der Waals surface area contributed by atoms with E-state index in [4.69, 9.17) is 0 Å². The molecule has 0 spiro atoms. The van der Waals surface area contributed by atoms with E-state index in [1.807, 2.05) is 12.1 Å². The fraction of sp³-hybridized carbons (Fsp3) is 0.133. The number of aromatic nitrogens is 2. The van der Waals surface area contributed by atoms with Crippen LogP contribution in [0.4, 0.5) is 5.69 Å². The molecule has 0 unspecified atom stereocenters. The second-order valence-electron chi connectivity index (χ2n) is 4.13. The van der Waals surface area contributed by atoms with Crippen LogP contribution in [0.1, 0.15) is 16.1 Å². The Bertz CT molecular complexity index is 566. The van der Waals surface area contributed by atoms with Crippen molar-refractivity contribution in [2.45, 2.75) is 6.54 Å². The second-order valence-corrected chi connectivity index (χ2v) is 4.13. The Labute approximate surface area is 117 Å². The predicted molar refractivity (Wildman–Crippen MR) is 78.3 cm³/mol. The van der Waals surface area contributed by atoms with E-state index in [0.29, 0.717) is 18.7 Å². The zero-order valence-electron chi connectivity index (χ0n) is 11.0. The standard InChI is InChI=1S/C15H16N4O/c1-2-7-18-15(20)12-3-5-13(6-4-12)19-11-14-10-16-8-9-17-14/h2-6,8-10,19H,1,7,11H2,(H,18,20). The lowest BCUT2D eigenvalue weighted by molar-refractivity contribution is 0.0958. The first-order chi connectivity index (χ1) is 9.79. The van der Waals surface area contributed by atoms with E-state index in [1.54, 1.807) is 36.8 Å². The third-order valence-corrected chi connectivity index (χ3v) is 2.64. The van der Waals surface area contributed by atoms with E-state index >= 15 is 0 Å². The highest BCUT2D eigenvalue weighted by molar-refractivity contribution is 5.94. The molecule has 1 amide bonds. The SMILES string of the molecule is C=CCNC(=O)c1ccc(NCc2cnccn2)cc1. The summed E-state index contributed by atoms with van der Waals surface area (Å²) in [5.41, 5.74) is 2.41. The van der Waals surface area contributed by atoms with Crippen LogP contribution in [0.25, 0.3) is 0 Å². The van der Waals surface area contributed by atoms with Crippen LogP contribution in [0.15, 0.2) is 55.5 Å². The molecule has 5 heteroatoms. The molecule has 1 aromatic heterocycles. The van der Waals surface area contributed by atoms with Crippen molar-refractivity contribution in [3.8, 4) is 0 Å². The maximum atomic E-state index is 11.7. The van der Waals surface area contributed by atoms with Crippen LogP contribution in [0.3, 0.4) is 0 Å². The minimum Gasteiger partial charge on any atom is -0.379 e. The number of rotatable bonds is 6. The molecule has 0 aliphatic heterocycles. The van der Waals surface area contributed by atoms with Crippen molar-refractivity contribution in [3.63, 3.8) is 0 Å². The summed E-state index contributed by atoms with van der Waals surface area (Å²) in [7, 11) is 0. The Morgan fingerprint density at radius 1 is 1.25 bits per heavy atom. The molecule has 0 aliphatic carbocycles. The summed E-state index contributed by atoms with van der Waals surface area (Å²) < 4.78 is 0. The molecule has 2 N–H and O–H groups in total. The van der Waals surface area contributed by atoms with Crippen LogP contribution in [-0.2, 0) is 6.54 Å². The summed E-state index contributed by atoms with van der Waals surface area (Å²) in [6, 6.07) is 7.27. The molecule has 0 bridgehead atoms. The van der Waals surface area contributed by atoms with E-state index in [-0.39, 0.29) is 5.91 Å². The monoisotopic (exact) mass is 268 g/mol. The first kappa shape index (κ1) is 13.7. The van der Waals surface area contributed by atoms with Gasteiger partial charge in [-0.05, 0) is 24.3 Å². The van der Waals surface area contributed by atoms with Gasteiger partial charge in [-0.3, -0.25) is 14.8 Å². The highest BCUT2D eigenvalue weighted by Gasteiger charge is 2.03. The fourth-order valence-corrected chi connectivity index (χ4v) is 1.62. The summed E-state index contributed by atoms with van der Waals surface area (Å²) in [5.74, 6) is -0.106. The van der Waals surface area contributed by atoms with E-state index in [0.717, 1.165) is 11.4 Å². The second kappa shape index (κ2) is 7.04. The molecule has 0 aliphatic rings. The Hall–Kier alpha value is -2.69. The Morgan fingerprint density at radius 3 is 2.70 bits per heavy atom. The molecular weight excluding hydrogens is 252 g/mol. The molecule has 102 valence electrons. The van der Waals surface area contributed by atoms with Gasteiger partial charge in [0.25, 0.3) is 5.91 Å². The van der Waals surface area contributed by atoms with Crippen LogP contribution in [0, 0.1) is 0 Å². The molecule has 0 saturated heterocycles. The van der Waals surface area contributed by atoms with E-state index in [2.05, 4.69) is 27.2 Å². The number of hydrogen-bond acceptors (Lipinski definition) is 4. The first-order valence-corrected chi connectivity index (χ1v) is 6.27. The zero-order valence-corrected chi connectivity index (χ0v) is 11.0. The average Bonchev–Trinajstić information content (AvgIpc) is 2.52. The lowest BCUT2D eigenvalue weighted by Crippen LogP contribution is -2.23. The highest BCUT2D eigenvalue weighted by Crippen LogP contribution is 2.10. The maximum Gasteiger partial charge on any atom is 0.251 e. The van der Waals surface area contributed by atoms with Gasteiger partial charge in [-0.2, -0.15) is 0 Å². The summed E-state index contributed by atoms with van der Waals surface area (Å²) in [4.78, 5) is 19.9. The number of anilines is 1. The number of nitrogens with one attached hydrogen (secondary N) is 2. The van der Waals surface area contributed by atoms with Crippen molar-refractivity contribution >= 4 is 11.6 Å². The number of amides is 1. The summed E-state index contributed by atoms with van der Waals surface area (Å²) in [6.45, 7) is 4.61. The number of carbonyl (C=O) groups is 1. The molecule has 1 aromatic carbocycles. The van der Waals surface area contributed by atoms with Gasteiger partial charge in [-0.1, -0.05) is 6.08 Å². The van der Waals surface area contributed by atoms with Crippen LogP contribution >= 0.6 is 0 Å². The normalized spacial score (nSPS) is 9.80. The topological polar surface area (TPSA) is 66.9 Å². The van der Waals surface area contributed by atoms with Gasteiger partial charge in [0.15, 0.2) is 0 Å². The van der Waals surface area contributed by atoms with Gasteiger partial charge < -0.3 is 10.6 Å². The molecular formula is C15H16N4O. The van der Waals surface area contributed by atoms with Gasteiger partial charge in [0, 0.05) is 30.2 Å². The maximum absolute atomic E-state index is 11.7. The van der Waals surface area contributed by atoms with Gasteiger partial charge in [0.2, 0.25) is 0 Å². The Kier molecular flexibility index (Phi) is 4.83. The molecule has 0 atom stereocenters. The van der Waals surface area contributed by atoms with Gasteiger partial charge in [0.05, 0.1) is 18.4 Å². The van der Waals surface area contributed by atoms with Crippen LogP contribution < -0.4 is 10.6 Å². The van der Waals surface area contributed by atoms with Gasteiger partial charge in [-0.25, -0.2) is 0 Å². The molecule has 20 heavy (non-hydrogen) atoms. The van der Waals surface area contributed by atoms with E-state index in [9.17, 15) is 4.79 Å². The van der Waals surface area contributed by atoms with Crippen molar-refractivity contribution in [2.24, 2.45) is 0 Å². The van der Waals surface area contributed by atoms with Crippen LogP contribution in [0.5, 0.6) is 0 Å². The molecule has 0 fully saturated rings. The first-order valence-electron chi connectivity index (χ1n) is 6.27. The molecule has 5 nitrogen and oxygen atoms in total. The average molecular weight is 268 g/mol. The molecule has 0 saturated carbocycles. The zero-order chi connectivity index (χ0) is 14.2. The number of benzene rings is 1. The van der Waals surface area contributed by atoms with Crippen molar-refractivity contribution in [3.05, 3.63) is 66.8 Å².